The molecule has 1 aromatic heterocycles. The maximum Gasteiger partial charge on any atom is 0.225 e. The van der Waals surface area contributed by atoms with Gasteiger partial charge >= 0.3 is 0 Å². The molecule has 1 fully saturated rings. The number of benzene rings is 1. The molecule has 3 rings (SSSR count). The molecule has 0 radical (unpaired) electrons. The molecule has 1 aliphatic carbocycles. The van der Waals surface area contributed by atoms with Crippen molar-refractivity contribution in [3.63, 3.8) is 0 Å². The zero-order valence-electron chi connectivity index (χ0n) is 18.1. The SMILES string of the molecule is CC(C)(CCCOc1ccc(Cl)cc1)C(=O)N[C@H]1CC[C@H](Oc2cncc(F)c2)CC1. The van der Waals surface area contributed by atoms with Crippen molar-refractivity contribution in [2.75, 3.05) is 6.61 Å². The van der Waals surface area contributed by atoms with Gasteiger partial charge in [-0.1, -0.05) is 25.4 Å². The number of aromatic nitrogens is 1. The van der Waals surface area contributed by atoms with E-state index in [2.05, 4.69) is 10.3 Å². The molecule has 1 aliphatic rings. The van der Waals surface area contributed by atoms with E-state index in [-0.39, 0.29) is 18.1 Å². The van der Waals surface area contributed by atoms with Gasteiger partial charge in [-0.25, -0.2) is 4.39 Å². The first-order valence-corrected chi connectivity index (χ1v) is 11.2. The highest BCUT2D eigenvalue weighted by atomic mass is 35.5. The molecule has 0 unspecified atom stereocenters. The predicted octanol–water partition coefficient (Wildman–Crippen LogP) is 5.57. The molecular weight excluding hydrogens is 419 g/mol. The van der Waals surface area contributed by atoms with E-state index in [1.165, 1.54) is 12.3 Å². The topological polar surface area (TPSA) is 60.5 Å². The van der Waals surface area contributed by atoms with Gasteiger partial charge in [-0.2, -0.15) is 0 Å². The fourth-order valence-electron chi connectivity index (χ4n) is 3.70. The second kappa shape index (κ2) is 10.8. The van der Waals surface area contributed by atoms with E-state index >= 15 is 0 Å². The van der Waals surface area contributed by atoms with Gasteiger partial charge in [-0.05, 0) is 62.8 Å². The molecule has 0 spiro atoms. The Kier molecular flexibility index (Phi) is 8.13. The maximum absolute atomic E-state index is 13.2. The second-order valence-electron chi connectivity index (χ2n) is 8.69. The van der Waals surface area contributed by atoms with Crippen LogP contribution >= 0.6 is 11.6 Å². The molecule has 5 nitrogen and oxygen atoms in total. The zero-order valence-corrected chi connectivity index (χ0v) is 18.8. The van der Waals surface area contributed by atoms with Gasteiger partial charge in [0.15, 0.2) is 0 Å². The number of ether oxygens (including phenoxy) is 2. The Hall–Kier alpha value is -2.34. The monoisotopic (exact) mass is 448 g/mol. The lowest BCUT2D eigenvalue weighted by Crippen LogP contribution is -2.45. The third kappa shape index (κ3) is 7.39. The molecular formula is C24H30ClFN2O3. The van der Waals surface area contributed by atoms with Crippen molar-refractivity contribution in [1.82, 2.24) is 10.3 Å². The summed E-state index contributed by atoms with van der Waals surface area (Å²) in [6.45, 7) is 4.49. The quantitative estimate of drug-likeness (QED) is 0.510. The van der Waals surface area contributed by atoms with Gasteiger partial charge in [-0.15, -0.1) is 0 Å². The van der Waals surface area contributed by atoms with Gasteiger partial charge < -0.3 is 14.8 Å². The van der Waals surface area contributed by atoms with Crippen LogP contribution in [0.3, 0.4) is 0 Å². The van der Waals surface area contributed by atoms with E-state index in [0.29, 0.717) is 17.4 Å². The van der Waals surface area contributed by atoms with Gasteiger partial charge in [0.1, 0.15) is 17.3 Å². The number of nitrogens with zero attached hydrogens (tertiary/aromatic N) is 1. The lowest BCUT2D eigenvalue weighted by molar-refractivity contribution is -0.130. The molecule has 0 aliphatic heterocycles. The Morgan fingerprint density at radius 1 is 1.16 bits per heavy atom. The second-order valence-corrected chi connectivity index (χ2v) is 9.13. The molecule has 1 N–H and O–H groups in total. The summed E-state index contributed by atoms with van der Waals surface area (Å²) in [6.07, 6.45) is 7.54. The number of nitrogens with one attached hydrogen (secondary N) is 1. The predicted molar refractivity (Wildman–Crippen MR) is 119 cm³/mol. The summed E-state index contributed by atoms with van der Waals surface area (Å²) >= 11 is 5.87. The Morgan fingerprint density at radius 3 is 2.55 bits per heavy atom. The van der Waals surface area contributed by atoms with Crippen LogP contribution in [0.2, 0.25) is 5.02 Å². The van der Waals surface area contributed by atoms with Crippen molar-refractivity contribution in [2.24, 2.45) is 5.41 Å². The van der Waals surface area contributed by atoms with Crippen LogP contribution in [0.15, 0.2) is 42.7 Å². The van der Waals surface area contributed by atoms with Gasteiger partial charge in [0.2, 0.25) is 5.91 Å². The van der Waals surface area contributed by atoms with Crippen molar-refractivity contribution >= 4 is 17.5 Å². The number of pyridine rings is 1. The van der Waals surface area contributed by atoms with Crippen LogP contribution in [0.25, 0.3) is 0 Å². The molecule has 7 heteroatoms. The summed E-state index contributed by atoms with van der Waals surface area (Å²) in [5.74, 6) is 0.894. The first-order valence-electron chi connectivity index (χ1n) is 10.8. The normalized spacial score (nSPS) is 19.0. The van der Waals surface area contributed by atoms with Crippen LogP contribution in [-0.2, 0) is 4.79 Å². The van der Waals surface area contributed by atoms with E-state index in [1.807, 2.05) is 26.0 Å². The molecule has 1 amide bonds. The first-order chi connectivity index (χ1) is 14.8. The van der Waals surface area contributed by atoms with Crippen molar-refractivity contribution in [1.29, 1.82) is 0 Å². The standard InChI is InChI=1S/C24H30ClFN2O3/c1-24(2,12-3-13-30-20-8-4-17(25)5-9-20)23(29)28-19-6-10-21(11-7-19)31-22-14-18(26)15-27-16-22/h4-5,8-9,14-16,19,21H,3,6-7,10-13H2,1-2H3,(H,28,29)/t19-,21-. The number of carbonyl (C=O) groups is 1. The first kappa shape index (κ1) is 23.3. The highest BCUT2D eigenvalue weighted by Crippen LogP contribution is 2.27. The summed E-state index contributed by atoms with van der Waals surface area (Å²) in [4.78, 5) is 16.6. The van der Waals surface area contributed by atoms with Crippen molar-refractivity contribution in [2.45, 2.75) is 64.5 Å². The number of hydrogen-bond acceptors (Lipinski definition) is 4. The molecule has 0 atom stereocenters. The summed E-state index contributed by atoms with van der Waals surface area (Å²) < 4.78 is 24.8. The van der Waals surface area contributed by atoms with Gasteiger partial charge in [0, 0.05) is 22.5 Å². The molecule has 1 saturated carbocycles. The average molecular weight is 449 g/mol. The lowest BCUT2D eigenvalue weighted by Gasteiger charge is -2.32. The van der Waals surface area contributed by atoms with E-state index in [0.717, 1.165) is 50.5 Å². The summed E-state index contributed by atoms with van der Waals surface area (Å²) in [5, 5.41) is 3.87. The molecule has 168 valence electrons. The number of halogens is 2. The Morgan fingerprint density at radius 2 is 1.87 bits per heavy atom. The van der Waals surface area contributed by atoms with Crippen LogP contribution in [-0.4, -0.2) is 29.6 Å². The molecule has 2 aromatic rings. The van der Waals surface area contributed by atoms with Crippen LogP contribution < -0.4 is 14.8 Å². The summed E-state index contributed by atoms with van der Waals surface area (Å²) in [5.41, 5.74) is -0.468. The fourth-order valence-corrected chi connectivity index (χ4v) is 3.83. The minimum absolute atomic E-state index is 0.0229. The minimum Gasteiger partial charge on any atom is -0.494 e. The zero-order chi connectivity index (χ0) is 22.3. The number of hydrogen-bond donors (Lipinski definition) is 1. The van der Waals surface area contributed by atoms with Crippen LogP contribution in [0.1, 0.15) is 52.4 Å². The molecule has 0 bridgehead atoms. The lowest BCUT2D eigenvalue weighted by atomic mass is 9.85. The number of rotatable bonds is 9. The molecule has 0 saturated heterocycles. The van der Waals surface area contributed by atoms with Gasteiger partial charge in [-0.3, -0.25) is 9.78 Å². The van der Waals surface area contributed by atoms with Gasteiger partial charge in [0.05, 0.1) is 25.1 Å². The van der Waals surface area contributed by atoms with Gasteiger partial charge in [0.25, 0.3) is 0 Å². The summed E-state index contributed by atoms with van der Waals surface area (Å²) in [6, 6.07) is 8.75. The van der Waals surface area contributed by atoms with Crippen LogP contribution in [0.4, 0.5) is 4.39 Å². The number of amides is 1. The highest BCUT2D eigenvalue weighted by molar-refractivity contribution is 6.30. The Labute approximate surface area is 188 Å². The Balaban J connectivity index is 1.36. The summed E-state index contributed by atoms with van der Waals surface area (Å²) in [7, 11) is 0. The highest BCUT2D eigenvalue weighted by Gasteiger charge is 2.31. The largest absolute Gasteiger partial charge is 0.494 e. The smallest absolute Gasteiger partial charge is 0.225 e. The fraction of sp³-hybridized carbons (Fsp3) is 0.500. The molecule has 1 heterocycles. The van der Waals surface area contributed by atoms with E-state index < -0.39 is 11.2 Å². The van der Waals surface area contributed by atoms with Crippen LogP contribution in [0, 0.1) is 11.2 Å². The minimum atomic E-state index is -0.468. The Bertz CT molecular complexity index is 852. The van der Waals surface area contributed by atoms with Crippen molar-refractivity contribution in [3.8, 4) is 11.5 Å². The van der Waals surface area contributed by atoms with Crippen molar-refractivity contribution in [3.05, 3.63) is 53.6 Å². The van der Waals surface area contributed by atoms with E-state index in [9.17, 15) is 9.18 Å². The number of carbonyl (C=O) groups excluding carboxylic acids is 1. The molecule has 31 heavy (non-hydrogen) atoms. The maximum atomic E-state index is 13.2. The van der Waals surface area contributed by atoms with Crippen LogP contribution in [0.5, 0.6) is 11.5 Å². The van der Waals surface area contributed by atoms with E-state index in [4.69, 9.17) is 21.1 Å². The average Bonchev–Trinajstić information content (AvgIpc) is 2.74. The molecule has 1 aromatic carbocycles. The third-order valence-electron chi connectivity index (χ3n) is 5.64. The third-order valence-corrected chi connectivity index (χ3v) is 5.89. The van der Waals surface area contributed by atoms with Crippen molar-refractivity contribution < 1.29 is 18.7 Å². The van der Waals surface area contributed by atoms with E-state index in [1.54, 1.807) is 12.1 Å².